The van der Waals surface area contributed by atoms with Crippen LogP contribution in [0.1, 0.15) is 31.2 Å². The molecule has 0 fully saturated rings. The standard InChI is InChI=1S/C21H18N2O3S/c1-22-20(24)14-8-6-13(7-9-14)11-23-21(25)18-10-15-12-26-17-5-3-2-4-16(17)19(15)27-18/h2-10H,11-12H2,1H3,(H,22,24)(H,23,25). The second-order valence-corrected chi connectivity index (χ2v) is 7.26. The summed E-state index contributed by atoms with van der Waals surface area (Å²) in [5.41, 5.74) is 3.61. The van der Waals surface area contributed by atoms with E-state index >= 15 is 0 Å². The minimum Gasteiger partial charge on any atom is -0.488 e. The number of amides is 2. The van der Waals surface area contributed by atoms with Gasteiger partial charge in [-0.15, -0.1) is 11.3 Å². The quantitative estimate of drug-likeness (QED) is 0.729. The average Bonchev–Trinajstić information content (AvgIpc) is 3.17. The van der Waals surface area contributed by atoms with Crippen molar-refractivity contribution >= 4 is 23.2 Å². The van der Waals surface area contributed by atoms with E-state index in [2.05, 4.69) is 10.6 Å². The van der Waals surface area contributed by atoms with Crippen LogP contribution in [0.4, 0.5) is 0 Å². The first kappa shape index (κ1) is 17.3. The fourth-order valence-corrected chi connectivity index (χ4v) is 4.11. The van der Waals surface area contributed by atoms with E-state index in [1.165, 1.54) is 11.3 Å². The van der Waals surface area contributed by atoms with Gasteiger partial charge >= 0.3 is 0 Å². The van der Waals surface area contributed by atoms with Gasteiger partial charge in [0.2, 0.25) is 0 Å². The Bertz CT molecular complexity index is 1010. The number of thiophene rings is 1. The lowest BCUT2D eigenvalue weighted by molar-refractivity contribution is 0.0949. The van der Waals surface area contributed by atoms with Crippen molar-refractivity contribution < 1.29 is 14.3 Å². The number of benzene rings is 2. The maximum Gasteiger partial charge on any atom is 0.261 e. The Morgan fingerprint density at radius 2 is 1.85 bits per heavy atom. The van der Waals surface area contributed by atoms with E-state index in [9.17, 15) is 9.59 Å². The molecule has 0 aliphatic carbocycles. The van der Waals surface area contributed by atoms with Gasteiger partial charge in [-0.05, 0) is 35.9 Å². The van der Waals surface area contributed by atoms with Crippen LogP contribution in [0.15, 0.2) is 54.6 Å². The summed E-state index contributed by atoms with van der Waals surface area (Å²) >= 11 is 1.49. The third-order valence-electron chi connectivity index (χ3n) is 4.44. The number of nitrogens with one attached hydrogen (secondary N) is 2. The van der Waals surface area contributed by atoms with Gasteiger partial charge in [-0.1, -0.05) is 24.3 Å². The van der Waals surface area contributed by atoms with Crippen LogP contribution >= 0.6 is 11.3 Å². The van der Waals surface area contributed by atoms with Crippen molar-refractivity contribution in [1.82, 2.24) is 10.6 Å². The van der Waals surface area contributed by atoms with Crippen molar-refractivity contribution in [3.05, 3.63) is 76.2 Å². The largest absolute Gasteiger partial charge is 0.488 e. The molecule has 0 spiro atoms. The third-order valence-corrected chi connectivity index (χ3v) is 5.65. The molecule has 1 aliphatic heterocycles. The van der Waals surface area contributed by atoms with Crippen molar-refractivity contribution in [3.63, 3.8) is 0 Å². The topological polar surface area (TPSA) is 67.4 Å². The molecule has 2 aromatic carbocycles. The van der Waals surface area contributed by atoms with E-state index in [-0.39, 0.29) is 11.8 Å². The van der Waals surface area contributed by atoms with Gasteiger partial charge in [0.15, 0.2) is 0 Å². The number of hydrogen-bond donors (Lipinski definition) is 2. The number of carbonyl (C=O) groups excluding carboxylic acids is 2. The van der Waals surface area contributed by atoms with Crippen LogP contribution in [-0.2, 0) is 13.2 Å². The molecule has 0 radical (unpaired) electrons. The van der Waals surface area contributed by atoms with Gasteiger partial charge in [0, 0.05) is 35.2 Å². The summed E-state index contributed by atoms with van der Waals surface area (Å²) in [7, 11) is 1.60. The van der Waals surface area contributed by atoms with Crippen molar-refractivity contribution in [2.24, 2.45) is 0 Å². The molecule has 1 aliphatic rings. The Balaban J connectivity index is 1.46. The molecule has 4 rings (SSSR count). The summed E-state index contributed by atoms with van der Waals surface area (Å²) < 4.78 is 5.75. The zero-order valence-corrected chi connectivity index (χ0v) is 15.6. The summed E-state index contributed by atoms with van der Waals surface area (Å²) in [4.78, 5) is 25.9. The third kappa shape index (κ3) is 3.44. The molecule has 27 heavy (non-hydrogen) atoms. The monoisotopic (exact) mass is 378 g/mol. The minimum absolute atomic E-state index is 0.109. The highest BCUT2D eigenvalue weighted by atomic mass is 32.1. The number of para-hydroxylation sites is 1. The highest BCUT2D eigenvalue weighted by Crippen LogP contribution is 2.42. The highest BCUT2D eigenvalue weighted by Gasteiger charge is 2.22. The van der Waals surface area contributed by atoms with Crippen molar-refractivity contribution in [2.45, 2.75) is 13.2 Å². The lowest BCUT2D eigenvalue weighted by Crippen LogP contribution is -2.22. The van der Waals surface area contributed by atoms with Gasteiger partial charge in [-0.3, -0.25) is 9.59 Å². The maximum absolute atomic E-state index is 12.6. The summed E-state index contributed by atoms with van der Waals surface area (Å²) in [6.07, 6.45) is 0. The molecule has 0 unspecified atom stereocenters. The molecule has 6 heteroatoms. The van der Waals surface area contributed by atoms with E-state index in [0.717, 1.165) is 27.3 Å². The normalized spacial score (nSPS) is 11.7. The first-order valence-corrected chi connectivity index (χ1v) is 9.41. The zero-order chi connectivity index (χ0) is 18.8. The van der Waals surface area contributed by atoms with Crippen LogP contribution in [0.2, 0.25) is 0 Å². The Kier molecular flexibility index (Phi) is 4.64. The van der Waals surface area contributed by atoms with Crippen LogP contribution in [-0.4, -0.2) is 18.9 Å². The van der Waals surface area contributed by atoms with Gasteiger partial charge < -0.3 is 15.4 Å². The fraction of sp³-hybridized carbons (Fsp3) is 0.143. The molecule has 3 aromatic rings. The predicted molar refractivity (Wildman–Crippen MR) is 105 cm³/mol. The Morgan fingerprint density at radius 3 is 2.63 bits per heavy atom. The van der Waals surface area contributed by atoms with E-state index in [1.807, 2.05) is 42.5 Å². The van der Waals surface area contributed by atoms with E-state index in [0.29, 0.717) is 23.6 Å². The van der Waals surface area contributed by atoms with Gasteiger partial charge in [0.05, 0.1) is 4.88 Å². The maximum atomic E-state index is 12.6. The molecule has 0 saturated heterocycles. The van der Waals surface area contributed by atoms with E-state index in [1.54, 1.807) is 19.2 Å². The Labute approximate surface area is 161 Å². The van der Waals surface area contributed by atoms with E-state index < -0.39 is 0 Å². The SMILES string of the molecule is CNC(=O)c1ccc(CNC(=O)c2cc3c(s2)-c2ccccc2OC3)cc1. The molecular weight excluding hydrogens is 360 g/mol. The number of ether oxygens (including phenoxy) is 1. The smallest absolute Gasteiger partial charge is 0.261 e. The first-order valence-electron chi connectivity index (χ1n) is 8.60. The van der Waals surface area contributed by atoms with E-state index in [4.69, 9.17) is 4.74 Å². The molecular formula is C21H18N2O3S. The molecule has 5 nitrogen and oxygen atoms in total. The second-order valence-electron chi connectivity index (χ2n) is 6.21. The van der Waals surface area contributed by atoms with Crippen LogP contribution in [0.25, 0.3) is 10.4 Å². The van der Waals surface area contributed by atoms with Crippen LogP contribution in [0, 0.1) is 0 Å². The number of hydrogen-bond acceptors (Lipinski definition) is 4. The van der Waals surface area contributed by atoms with Crippen molar-refractivity contribution in [2.75, 3.05) is 7.05 Å². The summed E-state index contributed by atoms with van der Waals surface area (Å²) in [6, 6.07) is 17.0. The fourth-order valence-electron chi connectivity index (χ4n) is 3.00. The lowest BCUT2D eigenvalue weighted by Gasteiger charge is -2.16. The molecule has 0 bridgehead atoms. The van der Waals surface area contributed by atoms with Gasteiger partial charge in [0.1, 0.15) is 12.4 Å². The molecule has 2 N–H and O–H groups in total. The molecule has 136 valence electrons. The number of carbonyl (C=O) groups is 2. The van der Waals surface area contributed by atoms with Gasteiger partial charge in [-0.25, -0.2) is 0 Å². The molecule has 1 aromatic heterocycles. The second kappa shape index (κ2) is 7.25. The van der Waals surface area contributed by atoms with Crippen LogP contribution in [0.3, 0.4) is 0 Å². The van der Waals surface area contributed by atoms with Gasteiger partial charge in [0.25, 0.3) is 11.8 Å². The molecule has 2 amide bonds. The Morgan fingerprint density at radius 1 is 1.07 bits per heavy atom. The predicted octanol–water partition coefficient (Wildman–Crippen LogP) is 3.60. The Hall–Kier alpha value is -3.12. The number of fused-ring (bicyclic) bond motifs is 3. The lowest BCUT2D eigenvalue weighted by atomic mass is 10.1. The van der Waals surface area contributed by atoms with Gasteiger partial charge in [-0.2, -0.15) is 0 Å². The first-order chi connectivity index (χ1) is 13.2. The molecule has 0 saturated carbocycles. The molecule has 0 atom stereocenters. The van der Waals surface area contributed by atoms with Crippen LogP contribution in [0.5, 0.6) is 5.75 Å². The summed E-state index contributed by atoms with van der Waals surface area (Å²) in [5.74, 6) is 0.620. The zero-order valence-electron chi connectivity index (χ0n) is 14.7. The minimum atomic E-state index is -0.128. The number of rotatable bonds is 4. The average molecular weight is 378 g/mol. The highest BCUT2D eigenvalue weighted by molar-refractivity contribution is 7.17. The summed E-state index contributed by atoms with van der Waals surface area (Å²) in [5, 5.41) is 5.53. The molecule has 2 heterocycles. The van der Waals surface area contributed by atoms with Crippen molar-refractivity contribution in [3.8, 4) is 16.2 Å². The van der Waals surface area contributed by atoms with Crippen molar-refractivity contribution in [1.29, 1.82) is 0 Å². The van der Waals surface area contributed by atoms with Crippen LogP contribution < -0.4 is 15.4 Å². The summed E-state index contributed by atoms with van der Waals surface area (Å²) in [6.45, 7) is 0.888.